The summed E-state index contributed by atoms with van der Waals surface area (Å²) in [6, 6.07) is 7.27. The van der Waals surface area contributed by atoms with E-state index in [1.165, 1.54) is 0 Å². The third-order valence-electron chi connectivity index (χ3n) is 3.84. The smallest absolute Gasteiger partial charge is 0.258 e. The van der Waals surface area contributed by atoms with Crippen LogP contribution >= 0.6 is 0 Å². The van der Waals surface area contributed by atoms with E-state index in [1.807, 2.05) is 45.0 Å². The van der Waals surface area contributed by atoms with Crippen LogP contribution in [0.15, 0.2) is 24.3 Å². The highest BCUT2D eigenvalue weighted by atomic mass is 16.7. The van der Waals surface area contributed by atoms with Gasteiger partial charge in [0.2, 0.25) is 0 Å². The van der Waals surface area contributed by atoms with Crippen LogP contribution in [0.1, 0.15) is 19.4 Å². The average Bonchev–Trinajstić information content (AvgIpc) is 2.76. The van der Waals surface area contributed by atoms with Gasteiger partial charge in [-0.3, -0.25) is 4.79 Å². The van der Waals surface area contributed by atoms with Crippen molar-refractivity contribution >= 4 is 11.6 Å². The minimum Gasteiger partial charge on any atom is -0.381 e. The predicted octanol–water partition coefficient (Wildman–Crippen LogP) is 1.22. The predicted molar refractivity (Wildman–Crippen MR) is 73.4 cm³/mol. The molecule has 3 atom stereocenters. The van der Waals surface area contributed by atoms with Gasteiger partial charge in [-0.15, -0.1) is 0 Å². The normalized spacial score (nSPS) is 32.3. The van der Waals surface area contributed by atoms with E-state index >= 15 is 0 Å². The lowest BCUT2D eigenvalue weighted by atomic mass is 9.92. The molecule has 1 amide bonds. The first-order valence-electron chi connectivity index (χ1n) is 6.79. The van der Waals surface area contributed by atoms with Gasteiger partial charge in [-0.2, -0.15) is 0 Å². The fraction of sp³-hybridized carbons (Fsp3) is 0.533. The molecule has 3 rings (SSSR count). The zero-order chi connectivity index (χ0) is 14.5. The summed E-state index contributed by atoms with van der Waals surface area (Å²) in [5, 5.41) is 9.97. The Kier molecular flexibility index (Phi) is 3.08. The molecule has 5 heteroatoms. The van der Waals surface area contributed by atoms with Crippen LogP contribution in [0, 0.1) is 6.92 Å². The number of carbonyl (C=O) groups excluding carboxylic acids is 1. The van der Waals surface area contributed by atoms with Crippen LogP contribution in [0.5, 0.6) is 0 Å². The van der Waals surface area contributed by atoms with Crippen LogP contribution in [0.3, 0.4) is 0 Å². The number of hydrogen-bond donors (Lipinski definition) is 1. The second-order valence-corrected chi connectivity index (χ2v) is 5.85. The Bertz CT molecular complexity index is 525. The third kappa shape index (κ3) is 2.12. The van der Waals surface area contributed by atoms with Gasteiger partial charge in [0.05, 0.1) is 6.61 Å². The van der Waals surface area contributed by atoms with Crippen molar-refractivity contribution in [2.24, 2.45) is 0 Å². The molecule has 2 aliphatic heterocycles. The summed E-state index contributed by atoms with van der Waals surface area (Å²) in [6.45, 7) is 6.03. The number of nitrogens with zero attached hydrogens (tertiary/aromatic N) is 1. The van der Waals surface area contributed by atoms with Crippen molar-refractivity contribution in [3.63, 3.8) is 0 Å². The van der Waals surface area contributed by atoms with Gasteiger partial charge in [-0.05, 0) is 32.9 Å². The van der Waals surface area contributed by atoms with Crippen molar-refractivity contribution in [1.82, 2.24) is 0 Å². The highest BCUT2D eigenvalue weighted by Crippen LogP contribution is 2.35. The Morgan fingerprint density at radius 3 is 2.50 bits per heavy atom. The molecule has 1 aromatic carbocycles. The first kappa shape index (κ1) is 13.5. The number of benzene rings is 1. The average molecular weight is 277 g/mol. The van der Waals surface area contributed by atoms with Gasteiger partial charge in [-0.1, -0.05) is 17.7 Å². The lowest BCUT2D eigenvalue weighted by Gasteiger charge is -2.46. The SMILES string of the molecule is Cc1ccc(N2C(=O)[C@H](O)[C@@H]2[C@H]2COC(C)(C)O2)cc1. The first-order chi connectivity index (χ1) is 9.39. The topological polar surface area (TPSA) is 59.0 Å². The van der Waals surface area contributed by atoms with E-state index in [1.54, 1.807) is 4.90 Å². The standard InChI is InChI=1S/C15H19NO4/c1-9-4-6-10(7-5-9)16-12(13(17)14(16)18)11-8-19-15(2,3)20-11/h4-7,11-13,17H,8H2,1-3H3/t11-,12+,13-/m1/s1. The fourth-order valence-electron chi connectivity index (χ4n) is 2.75. The van der Waals surface area contributed by atoms with Gasteiger partial charge in [0, 0.05) is 5.69 Å². The van der Waals surface area contributed by atoms with E-state index in [4.69, 9.17) is 9.47 Å². The molecule has 2 aliphatic rings. The summed E-state index contributed by atoms with van der Waals surface area (Å²) in [7, 11) is 0. The van der Waals surface area contributed by atoms with E-state index in [9.17, 15) is 9.90 Å². The van der Waals surface area contributed by atoms with Gasteiger partial charge >= 0.3 is 0 Å². The molecule has 0 bridgehead atoms. The van der Waals surface area contributed by atoms with Crippen LogP contribution in [0.4, 0.5) is 5.69 Å². The highest BCUT2D eigenvalue weighted by molar-refractivity contribution is 6.04. The summed E-state index contributed by atoms with van der Waals surface area (Å²) in [5.74, 6) is -0.950. The van der Waals surface area contributed by atoms with Crippen molar-refractivity contribution in [1.29, 1.82) is 0 Å². The number of aryl methyl sites for hydroxylation is 1. The minimum atomic E-state index is -1.01. The summed E-state index contributed by atoms with van der Waals surface area (Å²) in [4.78, 5) is 13.6. The van der Waals surface area contributed by atoms with E-state index in [2.05, 4.69) is 0 Å². The Morgan fingerprint density at radius 2 is 1.95 bits per heavy atom. The van der Waals surface area contributed by atoms with Crippen LogP contribution in [-0.2, 0) is 14.3 Å². The van der Waals surface area contributed by atoms with Crippen LogP contribution in [-0.4, -0.2) is 41.7 Å². The quantitative estimate of drug-likeness (QED) is 0.826. The number of rotatable bonds is 2. The van der Waals surface area contributed by atoms with Crippen molar-refractivity contribution < 1.29 is 19.4 Å². The molecule has 0 radical (unpaired) electrons. The number of carbonyl (C=O) groups is 1. The Hall–Kier alpha value is -1.43. The van der Waals surface area contributed by atoms with Gasteiger partial charge in [0.25, 0.3) is 5.91 Å². The van der Waals surface area contributed by atoms with Crippen LogP contribution in [0.2, 0.25) is 0 Å². The minimum absolute atomic E-state index is 0.285. The second kappa shape index (κ2) is 4.55. The second-order valence-electron chi connectivity index (χ2n) is 5.85. The summed E-state index contributed by atoms with van der Waals surface area (Å²) in [6.07, 6.45) is -1.32. The molecular weight excluding hydrogens is 258 g/mol. The molecule has 0 spiro atoms. The number of ether oxygens (including phenoxy) is 2. The maximum absolute atomic E-state index is 12.0. The molecular formula is C15H19NO4. The largest absolute Gasteiger partial charge is 0.381 e. The van der Waals surface area contributed by atoms with Crippen LogP contribution < -0.4 is 4.90 Å². The molecule has 0 unspecified atom stereocenters. The van der Waals surface area contributed by atoms with Crippen molar-refractivity contribution in [2.75, 3.05) is 11.5 Å². The number of aliphatic hydroxyl groups is 1. The molecule has 1 aromatic rings. The zero-order valence-electron chi connectivity index (χ0n) is 11.9. The molecule has 5 nitrogen and oxygen atoms in total. The lowest BCUT2D eigenvalue weighted by molar-refractivity contribution is -0.158. The third-order valence-corrected chi connectivity index (χ3v) is 3.84. The summed E-state index contributed by atoms with van der Waals surface area (Å²) < 4.78 is 11.3. The van der Waals surface area contributed by atoms with E-state index in [0.29, 0.717) is 6.61 Å². The van der Waals surface area contributed by atoms with E-state index < -0.39 is 11.9 Å². The maximum atomic E-state index is 12.0. The monoisotopic (exact) mass is 277 g/mol. The number of amides is 1. The lowest BCUT2D eigenvalue weighted by Crippen LogP contribution is -2.70. The number of hydrogen-bond acceptors (Lipinski definition) is 4. The molecule has 0 saturated carbocycles. The first-order valence-corrected chi connectivity index (χ1v) is 6.79. The molecule has 1 N–H and O–H groups in total. The molecule has 0 aromatic heterocycles. The number of aliphatic hydroxyl groups excluding tert-OH is 1. The maximum Gasteiger partial charge on any atom is 0.258 e. The summed E-state index contributed by atoms with van der Waals surface area (Å²) >= 11 is 0. The van der Waals surface area contributed by atoms with Crippen molar-refractivity contribution in [3.8, 4) is 0 Å². The molecule has 2 heterocycles. The number of anilines is 1. The van der Waals surface area contributed by atoms with Gasteiger partial charge in [-0.25, -0.2) is 0 Å². The Morgan fingerprint density at radius 1 is 1.30 bits per heavy atom. The van der Waals surface area contributed by atoms with E-state index in [0.717, 1.165) is 11.3 Å². The molecule has 108 valence electrons. The Balaban J connectivity index is 1.83. The Labute approximate surface area is 118 Å². The number of β-lactam (4-membered cyclic amide) rings is 1. The van der Waals surface area contributed by atoms with Crippen molar-refractivity contribution in [3.05, 3.63) is 29.8 Å². The van der Waals surface area contributed by atoms with E-state index in [-0.39, 0.29) is 18.1 Å². The highest BCUT2D eigenvalue weighted by Gasteiger charge is 2.54. The fourth-order valence-corrected chi connectivity index (χ4v) is 2.75. The van der Waals surface area contributed by atoms with Crippen molar-refractivity contribution in [2.45, 2.75) is 44.8 Å². The molecule has 2 fully saturated rings. The molecule has 2 saturated heterocycles. The molecule has 0 aliphatic carbocycles. The van der Waals surface area contributed by atoms with Crippen LogP contribution in [0.25, 0.3) is 0 Å². The summed E-state index contributed by atoms with van der Waals surface area (Å²) in [5.41, 5.74) is 1.91. The zero-order valence-corrected chi connectivity index (χ0v) is 11.9. The molecule has 20 heavy (non-hydrogen) atoms. The van der Waals surface area contributed by atoms with Gasteiger partial charge in [0.15, 0.2) is 11.9 Å². The van der Waals surface area contributed by atoms with Gasteiger partial charge in [0.1, 0.15) is 12.1 Å². The van der Waals surface area contributed by atoms with Gasteiger partial charge < -0.3 is 19.5 Å².